The molecule has 1 fully saturated rings. The van der Waals surface area contributed by atoms with Crippen LogP contribution in [0.4, 0.5) is 0 Å². The van der Waals surface area contributed by atoms with Crippen LogP contribution in [0, 0.1) is 5.92 Å². The standard InChI is InChI=1S/C15H20N2O2S/c1-10(11-3-6-13(20-2)7-4-11)17-15(19)12-5-8-14(18)16-9-12/h3-4,6-7,10,12H,5,8-9H2,1-2H3,(H,16,18)(H,17,19). The van der Waals surface area contributed by atoms with Crippen LogP contribution in [0.1, 0.15) is 31.4 Å². The molecule has 0 aliphatic carbocycles. The lowest BCUT2D eigenvalue weighted by molar-refractivity contribution is -0.129. The predicted molar refractivity (Wildman–Crippen MR) is 80.5 cm³/mol. The molecule has 2 rings (SSSR count). The third-order valence-electron chi connectivity index (χ3n) is 3.61. The number of thioether (sulfide) groups is 1. The molecule has 5 heteroatoms. The lowest BCUT2D eigenvalue weighted by Crippen LogP contribution is -2.43. The van der Waals surface area contributed by atoms with Gasteiger partial charge in [-0.3, -0.25) is 9.59 Å². The Labute approximate surface area is 123 Å². The maximum absolute atomic E-state index is 12.1. The molecule has 1 heterocycles. The number of nitrogens with one attached hydrogen (secondary N) is 2. The van der Waals surface area contributed by atoms with E-state index >= 15 is 0 Å². The average Bonchev–Trinajstić information content (AvgIpc) is 2.48. The summed E-state index contributed by atoms with van der Waals surface area (Å²) in [4.78, 5) is 24.4. The van der Waals surface area contributed by atoms with Gasteiger partial charge >= 0.3 is 0 Å². The van der Waals surface area contributed by atoms with E-state index in [1.54, 1.807) is 11.8 Å². The quantitative estimate of drug-likeness (QED) is 0.836. The molecule has 20 heavy (non-hydrogen) atoms. The highest BCUT2D eigenvalue weighted by atomic mass is 32.2. The van der Waals surface area contributed by atoms with Crippen molar-refractivity contribution < 1.29 is 9.59 Å². The van der Waals surface area contributed by atoms with E-state index in [-0.39, 0.29) is 23.8 Å². The van der Waals surface area contributed by atoms with Gasteiger partial charge in [0.05, 0.1) is 12.0 Å². The molecular formula is C15H20N2O2S. The van der Waals surface area contributed by atoms with Crippen molar-refractivity contribution >= 4 is 23.6 Å². The van der Waals surface area contributed by atoms with Gasteiger partial charge in [0.25, 0.3) is 0 Å². The normalized spacial score (nSPS) is 20.1. The molecule has 0 bridgehead atoms. The SMILES string of the molecule is CSc1ccc(C(C)NC(=O)C2CCC(=O)NC2)cc1. The van der Waals surface area contributed by atoms with Gasteiger partial charge in [-0.1, -0.05) is 12.1 Å². The first kappa shape index (κ1) is 14.9. The first-order chi connectivity index (χ1) is 9.60. The van der Waals surface area contributed by atoms with E-state index in [0.717, 1.165) is 5.56 Å². The van der Waals surface area contributed by atoms with Crippen LogP contribution in [0.2, 0.25) is 0 Å². The van der Waals surface area contributed by atoms with Crippen molar-refractivity contribution in [3.63, 3.8) is 0 Å². The molecule has 2 unspecified atom stereocenters. The smallest absolute Gasteiger partial charge is 0.225 e. The summed E-state index contributed by atoms with van der Waals surface area (Å²) in [5.41, 5.74) is 1.09. The Morgan fingerprint density at radius 3 is 2.65 bits per heavy atom. The number of carbonyl (C=O) groups is 2. The van der Waals surface area contributed by atoms with Gasteiger partial charge in [-0.15, -0.1) is 11.8 Å². The van der Waals surface area contributed by atoms with Crippen LogP contribution in [-0.4, -0.2) is 24.6 Å². The third kappa shape index (κ3) is 3.76. The molecule has 2 amide bonds. The summed E-state index contributed by atoms with van der Waals surface area (Å²) in [6.45, 7) is 2.43. The van der Waals surface area contributed by atoms with E-state index < -0.39 is 0 Å². The molecule has 108 valence electrons. The zero-order valence-electron chi connectivity index (χ0n) is 11.8. The molecule has 0 radical (unpaired) electrons. The van der Waals surface area contributed by atoms with Gasteiger partial charge in [0.15, 0.2) is 0 Å². The summed E-state index contributed by atoms with van der Waals surface area (Å²) >= 11 is 1.70. The highest BCUT2D eigenvalue weighted by Gasteiger charge is 2.25. The molecule has 0 saturated carbocycles. The molecule has 2 N–H and O–H groups in total. The Balaban J connectivity index is 1.91. The number of amides is 2. The van der Waals surface area contributed by atoms with Crippen molar-refractivity contribution in [2.45, 2.75) is 30.7 Å². The summed E-state index contributed by atoms with van der Waals surface area (Å²) in [7, 11) is 0. The minimum atomic E-state index is -0.111. The van der Waals surface area contributed by atoms with E-state index in [4.69, 9.17) is 0 Å². The second-order valence-electron chi connectivity index (χ2n) is 5.04. The van der Waals surface area contributed by atoms with Crippen molar-refractivity contribution in [1.82, 2.24) is 10.6 Å². The van der Waals surface area contributed by atoms with Crippen LogP contribution in [0.25, 0.3) is 0 Å². The maximum atomic E-state index is 12.1. The van der Waals surface area contributed by atoms with Crippen molar-refractivity contribution in [1.29, 1.82) is 0 Å². The van der Waals surface area contributed by atoms with E-state index in [1.165, 1.54) is 4.90 Å². The van der Waals surface area contributed by atoms with Gasteiger partial charge in [0, 0.05) is 17.9 Å². The van der Waals surface area contributed by atoms with Crippen LogP contribution in [0.15, 0.2) is 29.2 Å². The first-order valence-electron chi connectivity index (χ1n) is 6.81. The van der Waals surface area contributed by atoms with Gasteiger partial charge in [0.2, 0.25) is 11.8 Å². The van der Waals surface area contributed by atoms with Crippen LogP contribution >= 0.6 is 11.8 Å². The van der Waals surface area contributed by atoms with Crippen LogP contribution in [0.3, 0.4) is 0 Å². The second-order valence-corrected chi connectivity index (χ2v) is 5.92. The summed E-state index contributed by atoms with van der Waals surface area (Å²) in [6.07, 6.45) is 3.11. The largest absolute Gasteiger partial charge is 0.355 e. The zero-order chi connectivity index (χ0) is 14.5. The molecular weight excluding hydrogens is 272 g/mol. The van der Waals surface area contributed by atoms with E-state index in [2.05, 4.69) is 22.8 Å². The van der Waals surface area contributed by atoms with Crippen LogP contribution < -0.4 is 10.6 Å². The molecule has 2 atom stereocenters. The molecule has 1 aromatic carbocycles. The molecule has 1 aliphatic rings. The molecule has 0 spiro atoms. The lowest BCUT2D eigenvalue weighted by Gasteiger charge is -2.24. The van der Waals surface area contributed by atoms with Gasteiger partial charge in [-0.2, -0.15) is 0 Å². The minimum absolute atomic E-state index is 0.0176. The summed E-state index contributed by atoms with van der Waals surface area (Å²) in [6, 6.07) is 8.18. The fourth-order valence-corrected chi connectivity index (χ4v) is 2.67. The molecule has 4 nitrogen and oxygen atoms in total. The highest BCUT2D eigenvalue weighted by molar-refractivity contribution is 7.98. The van der Waals surface area contributed by atoms with Crippen molar-refractivity contribution in [3.05, 3.63) is 29.8 Å². The Bertz CT molecular complexity index is 477. The summed E-state index contributed by atoms with van der Waals surface area (Å²) < 4.78 is 0. The monoisotopic (exact) mass is 292 g/mol. The number of hydrogen-bond donors (Lipinski definition) is 2. The fraction of sp³-hybridized carbons (Fsp3) is 0.467. The average molecular weight is 292 g/mol. The van der Waals surface area contributed by atoms with Gasteiger partial charge in [-0.25, -0.2) is 0 Å². The fourth-order valence-electron chi connectivity index (χ4n) is 2.26. The topological polar surface area (TPSA) is 58.2 Å². The molecule has 1 saturated heterocycles. The Kier molecular flexibility index (Phi) is 5.06. The van der Waals surface area contributed by atoms with Crippen molar-refractivity contribution in [2.75, 3.05) is 12.8 Å². The molecule has 1 aromatic rings. The zero-order valence-corrected chi connectivity index (χ0v) is 12.6. The Hall–Kier alpha value is -1.49. The Morgan fingerprint density at radius 1 is 1.40 bits per heavy atom. The lowest BCUT2D eigenvalue weighted by atomic mass is 9.97. The van der Waals surface area contributed by atoms with Crippen molar-refractivity contribution in [3.8, 4) is 0 Å². The number of piperidine rings is 1. The number of rotatable bonds is 4. The van der Waals surface area contributed by atoms with Gasteiger partial charge in [0.1, 0.15) is 0 Å². The van der Waals surface area contributed by atoms with Crippen LogP contribution in [0.5, 0.6) is 0 Å². The van der Waals surface area contributed by atoms with Crippen molar-refractivity contribution in [2.24, 2.45) is 5.92 Å². The van der Waals surface area contributed by atoms with Crippen LogP contribution in [-0.2, 0) is 9.59 Å². The summed E-state index contributed by atoms with van der Waals surface area (Å²) in [5.74, 6) is -0.0539. The van der Waals surface area contributed by atoms with Gasteiger partial charge in [-0.05, 0) is 37.3 Å². The number of hydrogen-bond acceptors (Lipinski definition) is 3. The highest BCUT2D eigenvalue weighted by Crippen LogP contribution is 2.20. The minimum Gasteiger partial charge on any atom is -0.355 e. The first-order valence-corrected chi connectivity index (χ1v) is 8.03. The van der Waals surface area contributed by atoms with Gasteiger partial charge < -0.3 is 10.6 Å². The number of benzene rings is 1. The Morgan fingerprint density at radius 2 is 2.10 bits per heavy atom. The third-order valence-corrected chi connectivity index (χ3v) is 4.35. The van der Waals surface area contributed by atoms with E-state index in [1.807, 2.05) is 25.3 Å². The number of carbonyl (C=O) groups excluding carboxylic acids is 2. The van der Waals surface area contributed by atoms with E-state index in [0.29, 0.717) is 19.4 Å². The molecule has 1 aliphatic heterocycles. The second kappa shape index (κ2) is 6.79. The predicted octanol–water partition coefficient (Wildman–Crippen LogP) is 2.11. The summed E-state index contributed by atoms with van der Waals surface area (Å²) in [5, 5.41) is 5.76. The molecule has 0 aromatic heterocycles. The maximum Gasteiger partial charge on any atom is 0.225 e. The van der Waals surface area contributed by atoms with E-state index in [9.17, 15) is 9.59 Å².